The Morgan fingerprint density at radius 3 is 2.54 bits per heavy atom. The van der Waals surface area contributed by atoms with Crippen molar-refractivity contribution in [3.8, 4) is 11.3 Å². The Balaban J connectivity index is 1.63. The van der Waals surface area contributed by atoms with Crippen LogP contribution in [0, 0.1) is 19.7 Å². The summed E-state index contributed by atoms with van der Waals surface area (Å²) in [7, 11) is 0. The SMILES string of the molecule is Cc1ccc(N2NC(=O)C(=Cc3ccc(-c4ccccc4F)o3)C2=O)cc1C. The Morgan fingerprint density at radius 2 is 1.79 bits per heavy atom. The molecule has 0 radical (unpaired) electrons. The number of nitrogens with zero attached hydrogens (tertiary/aromatic N) is 1. The lowest BCUT2D eigenvalue weighted by atomic mass is 10.1. The van der Waals surface area contributed by atoms with Gasteiger partial charge in [0.15, 0.2) is 0 Å². The van der Waals surface area contributed by atoms with Gasteiger partial charge < -0.3 is 4.42 Å². The number of furan rings is 1. The molecule has 0 unspecified atom stereocenters. The van der Waals surface area contributed by atoms with Gasteiger partial charge in [0.2, 0.25) is 0 Å². The van der Waals surface area contributed by atoms with Gasteiger partial charge >= 0.3 is 0 Å². The first kappa shape index (κ1) is 17.7. The summed E-state index contributed by atoms with van der Waals surface area (Å²) in [4.78, 5) is 25.0. The maximum atomic E-state index is 13.9. The third kappa shape index (κ3) is 3.09. The summed E-state index contributed by atoms with van der Waals surface area (Å²) in [6, 6.07) is 14.9. The van der Waals surface area contributed by atoms with Crippen molar-refractivity contribution in [3.63, 3.8) is 0 Å². The first-order valence-corrected chi connectivity index (χ1v) is 8.73. The number of hydrazine groups is 1. The fraction of sp³-hybridized carbons (Fsp3) is 0.0909. The van der Waals surface area contributed by atoms with E-state index in [1.165, 1.54) is 17.2 Å². The highest BCUT2D eigenvalue weighted by atomic mass is 19.1. The minimum atomic E-state index is -0.521. The van der Waals surface area contributed by atoms with E-state index in [9.17, 15) is 14.0 Å². The van der Waals surface area contributed by atoms with Gasteiger partial charge in [-0.05, 0) is 67.4 Å². The number of hydrogen-bond donors (Lipinski definition) is 1. The molecule has 0 atom stereocenters. The maximum absolute atomic E-state index is 13.9. The predicted molar refractivity (Wildman–Crippen MR) is 104 cm³/mol. The number of aryl methyl sites for hydroxylation is 2. The summed E-state index contributed by atoms with van der Waals surface area (Å²) in [5.41, 5.74) is 5.51. The fourth-order valence-corrected chi connectivity index (χ4v) is 2.98. The summed E-state index contributed by atoms with van der Waals surface area (Å²) in [6.45, 7) is 3.91. The van der Waals surface area contributed by atoms with Crippen LogP contribution in [0.3, 0.4) is 0 Å². The molecule has 1 aliphatic rings. The molecule has 2 amide bonds. The first-order valence-electron chi connectivity index (χ1n) is 8.73. The molecule has 0 aliphatic carbocycles. The smallest absolute Gasteiger partial charge is 0.282 e. The predicted octanol–water partition coefficient (Wildman–Crippen LogP) is 4.16. The fourth-order valence-electron chi connectivity index (χ4n) is 2.98. The van der Waals surface area contributed by atoms with E-state index in [0.717, 1.165) is 11.1 Å². The van der Waals surface area contributed by atoms with E-state index in [0.29, 0.717) is 22.8 Å². The molecule has 0 bridgehead atoms. The molecule has 4 rings (SSSR count). The van der Waals surface area contributed by atoms with Gasteiger partial charge in [-0.2, -0.15) is 0 Å². The highest BCUT2D eigenvalue weighted by Crippen LogP contribution is 2.27. The second-order valence-corrected chi connectivity index (χ2v) is 6.59. The third-order valence-corrected chi connectivity index (χ3v) is 4.69. The quantitative estimate of drug-likeness (QED) is 0.551. The van der Waals surface area contributed by atoms with E-state index in [2.05, 4.69) is 5.43 Å². The zero-order valence-electron chi connectivity index (χ0n) is 15.3. The van der Waals surface area contributed by atoms with Crippen LogP contribution in [0.25, 0.3) is 17.4 Å². The van der Waals surface area contributed by atoms with Crippen LogP contribution in [0.15, 0.2) is 64.6 Å². The summed E-state index contributed by atoms with van der Waals surface area (Å²) in [5.74, 6) is -0.795. The third-order valence-electron chi connectivity index (χ3n) is 4.69. The van der Waals surface area contributed by atoms with Crippen molar-refractivity contribution in [2.75, 3.05) is 5.01 Å². The van der Waals surface area contributed by atoms with E-state index in [1.54, 1.807) is 36.4 Å². The molecule has 1 fully saturated rings. The van der Waals surface area contributed by atoms with E-state index in [1.807, 2.05) is 26.0 Å². The van der Waals surface area contributed by atoms with Crippen molar-refractivity contribution in [2.24, 2.45) is 0 Å². The van der Waals surface area contributed by atoms with Crippen LogP contribution >= 0.6 is 0 Å². The molecule has 6 heteroatoms. The monoisotopic (exact) mass is 376 g/mol. The van der Waals surface area contributed by atoms with Crippen LogP contribution in [-0.4, -0.2) is 11.8 Å². The molecule has 1 aliphatic heterocycles. The number of carbonyl (C=O) groups excluding carboxylic acids is 2. The highest BCUT2D eigenvalue weighted by Gasteiger charge is 2.34. The molecule has 0 saturated carbocycles. The largest absolute Gasteiger partial charge is 0.457 e. The lowest BCUT2D eigenvalue weighted by Crippen LogP contribution is -2.35. The van der Waals surface area contributed by atoms with Crippen molar-refractivity contribution in [1.82, 2.24) is 5.43 Å². The number of carbonyl (C=O) groups is 2. The lowest BCUT2D eigenvalue weighted by Gasteiger charge is -2.15. The van der Waals surface area contributed by atoms with Gasteiger partial charge in [0, 0.05) is 0 Å². The summed E-state index contributed by atoms with van der Waals surface area (Å²) in [5, 5.41) is 1.21. The van der Waals surface area contributed by atoms with Gasteiger partial charge in [-0.25, -0.2) is 9.40 Å². The van der Waals surface area contributed by atoms with Gasteiger partial charge in [0.1, 0.15) is 22.9 Å². The first-order chi connectivity index (χ1) is 13.4. The summed E-state index contributed by atoms with van der Waals surface area (Å²) in [6.07, 6.45) is 1.36. The molecule has 2 heterocycles. The zero-order valence-corrected chi connectivity index (χ0v) is 15.3. The van der Waals surface area contributed by atoms with Crippen LogP contribution in [0.2, 0.25) is 0 Å². The van der Waals surface area contributed by atoms with E-state index in [-0.39, 0.29) is 5.57 Å². The minimum absolute atomic E-state index is 0.0485. The van der Waals surface area contributed by atoms with Crippen molar-refractivity contribution in [1.29, 1.82) is 0 Å². The molecule has 5 nitrogen and oxygen atoms in total. The second kappa shape index (κ2) is 6.81. The number of amides is 2. The highest BCUT2D eigenvalue weighted by molar-refractivity contribution is 6.31. The molecular weight excluding hydrogens is 359 g/mol. The molecule has 3 aromatic rings. The molecular formula is C22H17FN2O3. The number of rotatable bonds is 3. The number of anilines is 1. The lowest BCUT2D eigenvalue weighted by molar-refractivity contribution is -0.117. The summed E-state index contributed by atoms with van der Waals surface area (Å²) < 4.78 is 19.5. The Hall–Kier alpha value is -3.67. The molecule has 1 saturated heterocycles. The number of halogens is 1. The van der Waals surface area contributed by atoms with Crippen LogP contribution in [0.5, 0.6) is 0 Å². The van der Waals surface area contributed by atoms with Crippen LogP contribution in [-0.2, 0) is 9.59 Å². The number of benzene rings is 2. The van der Waals surface area contributed by atoms with E-state index >= 15 is 0 Å². The van der Waals surface area contributed by atoms with Crippen molar-refractivity contribution >= 4 is 23.6 Å². The Kier molecular flexibility index (Phi) is 4.31. The molecule has 1 aromatic heterocycles. The molecule has 140 valence electrons. The summed E-state index contributed by atoms with van der Waals surface area (Å²) >= 11 is 0. The Labute approximate surface area is 161 Å². The number of nitrogens with one attached hydrogen (secondary N) is 1. The van der Waals surface area contributed by atoms with Crippen molar-refractivity contribution in [2.45, 2.75) is 13.8 Å². The standard InChI is InChI=1S/C22H17FN2O3/c1-13-7-8-15(11-14(13)2)25-22(27)18(21(26)24-25)12-16-9-10-20(28-16)17-5-3-4-6-19(17)23/h3-12H,1-2H3,(H,24,26). The van der Waals surface area contributed by atoms with Crippen LogP contribution in [0.1, 0.15) is 16.9 Å². The Bertz CT molecular complexity index is 1130. The Morgan fingerprint density at radius 1 is 1.00 bits per heavy atom. The van der Waals surface area contributed by atoms with Crippen molar-refractivity contribution in [3.05, 3.63) is 82.9 Å². The number of hydrogen-bond acceptors (Lipinski definition) is 3. The van der Waals surface area contributed by atoms with Crippen LogP contribution < -0.4 is 10.4 Å². The molecule has 0 spiro atoms. The van der Waals surface area contributed by atoms with Gasteiger partial charge in [0.25, 0.3) is 11.8 Å². The van der Waals surface area contributed by atoms with E-state index in [4.69, 9.17) is 4.42 Å². The van der Waals surface area contributed by atoms with E-state index < -0.39 is 17.6 Å². The molecule has 1 N–H and O–H groups in total. The average Bonchev–Trinajstić information content (AvgIpc) is 3.24. The van der Waals surface area contributed by atoms with Crippen molar-refractivity contribution < 1.29 is 18.4 Å². The van der Waals surface area contributed by atoms with Gasteiger partial charge in [0.05, 0.1) is 11.3 Å². The maximum Gasteiger partial charge on any atom is 0.282 e. The average molecular weight is 376 g/mol. The van der Waals surface area contributed by atoms with Gasteiger partial charge in [-0.1, -0.05) is 18.2 Å². The minimum Gasteiger partial charge on any atom is -0.457 e. The topological polar surface area (TPSA) is 62.6 Å². The second-order valence-electron chi connectivity index (χ2n) is 6.59. The zero-order chi connectivity index (χ0) is 19.8. The molecule has 2 aromatic carbocycles. The van der Waals surface area contributed by atoms with Crippen LogP contribution in [0.4, 0.5) is 10.1 Å². The van der Waals surface area contributed by atoms with Gasteiger partial charge in [-0.3, -0.25) is 15.0 Å². The molecule has 28 heavy (non-hydrogen) atoms. The normalized spacial score (nSPS) is 15.4. The van der Waals surface area contributed by atoms with Gasteiger partial charge in [-0.15, -0.1) is 0 Å².